The third kappa shape index (κ3) is 3.49. The molecule has 1 aliphatic carbocycles. The number of hydrogen-bond donors (Lipinski definition) is 1. The molecule has 1 aliphatic rings. The topological polar surface area (TPSA) is 81.2 Å². The van der Waals surface area contributed by atoms with Crippen molar-refractivity contribution in [2.45, 2.75) is 44.2 Å². The highest BCUT2D eigenvalue weighted by Crippen LogP contribution is 2.36. The van der Waals surface area contributed by atoms with Crippen LogP contribution in [0.1, 0.15) is 55.5 Å². The summed E-state index contributed by atoms with van der Waals surface area (Å²) in [5, 5.41) is 27.7. The number of aliphatic hydroxyl groups is 1. The number of halogens is 1. The Bertz CT molecular complexity index is 995. The van der Waals surface area contributed by atoms with Gasteiger partial charge in [0.05, 0.1) is 16.5 Å². The zero-order valence-corrected chi connectivity index (χ0v) is 16.3. The Morgan fingerprint density at radius 3 is 2.67 bits per heavy atom. The van der Waals surface area contributed by atoms with Crippen LogP contribution in [0.4, 0.5) is 5.69 Å². The summed E-state index contributed by atoms with van der Waals surface area (Å²) in [5.41, 5.74) is 2.05. The van der Waals surface area contributed by atoms with Gasteiger partial charge in [-0.2, -0.15) is 5.10 Å². The molecule has 1 saturated carbocycles. The lowest BCUT2D eigenvalue weighted by atomic mass is 9.95. The summed E-state index contributed by atoms with van der Waals surface area (Å²) < 4.78 is 2.78. The Kier molecular flexibility index (Phi) is 4.97. The monoisotopic (exact) mass is 429 g/mol. The molecule has 1 unspecified atom stereocenters. The number of rotatable bonds is 4. The van der Waals surface area contributed by atoms with Crippen LogP contribution in [0.15, 0.2) is 46.9 Å². The first-order valence-corrected chi connectivity index (χ1v) is 9.94. The molecule has 0 saturated heterocycles. The molecule has 7 heteroatoms. The van der Waals surface area contributed by atoms with Crippen LogP contribution >= 0.6 is 15.9 Å². The van der Waals surface area contributed by atoms with Crippen molar-refractivity contribution in [2.24, 2.45) is 0 Å². The number of aromatic nitrogens is 2. The van der Waals surface area contributed by atoms with E-state index in [1.54, 1.807) is 12.1 Å². The van der Waals surface area contributed by atoms with Crippen LogP contribution in [-0.2, 0) is 0 Å². The second-order valence-corrected chi connectivity index (χ2v) is 7.95. The van der Waals surface area contributed by atoms with E-state index in [9.17, 15) is 15.2 Å². The highest BCUT2D eigenvalue weighted by atomic mass is 79.9. The molecule has 0 amide bonds. The maximum absolute atomic E-state index is 11.3. The van der Waals surface area contributed by atoms with Crippen molar-refractivity contribution in [3.8, 4) is 0 Å². The number of nitrogens with zero attached hydrogens (tertiary/aromatic N) is 3. The highest BCUT2D eigenvalue weighted by Gasteiger charge is 2.25. The van der Waals surface area contributed by atoms with Gasteiger partial charge >= 0.3 is 0 Å². The van der Waals surface area contributed by atoms with Crippen LogP contribution < -0.4 is 0 Å². The van der Waals surface area contributed by atoms with E-state index < -0.39 is 6.10 Å². The Morgan fingerprint density at radius 1 is 1.19 bits per heavy atom. The third-order valence-corrected chi connectivity index (χ3v) is 5.77. The lowest BCUT2D eigenvalue weighted by molar-refractivity contribution is -0.384. The third-order valence-electron chi connectivity index (χ3n) is 5.27. The minimum atomic E-state index is -0.892. The number of fused-ring (bicyclic) bond motifs is 1. The van der Waals surface area contributed by atoms with Gasteiger partial charge in [-0.1, -0.05) is 47.3 Å². The number of hydrogen-bond acceptors (Lipinski definition) is 4. The predicted octanol–water partition coefficient (Wildman–Crippen LogP) is 5.29. The minimum absolute atomic E-state index is 0.0444. The molecule has 6 nitrogen and oxygen atoms in total. The van der Waals surface area contributed by atoms with Gasteiger partial charge < -0.3 is 5.11 Å². The number of aliphatic hydroxyl groups excluding tert-OH is 1. The normalized spacial score (nSPS) is 16.5. The molecule has 1 aromatic heterocycles. The molecule has 2 aromatic carbocycles. The summed E-state index contributed by atoms with van der Waals surface area (Å²) in [7, 11) is 0. The van der Waals surface area contributed by atoms with E-state index in [-0.39, 0.29) is 16.7 Å². The molecule has 140 valence electrons. The number of nitro benzene ring substituents is 1. The SMILES string of the molecule is O=[N+]([O-])c1ccc2c(C(O)c3cccc(Br)c3)nn(C3CCCCC3)c2c1. The molecule has 3 aromatic rings. The first kappa shape index (κ1) is 18.1. The second-order valence-electron chi connectivity index (χ2n) is 7.04. The molecular formula is C20H20BrN3O3. The van der Waals surface area contributed by atoms with Gasteiger partial charge in [-0.25, -0.2) is 0 Å². The van der Waals surface area contributed by atoms with E-state index in [1.807, 2.05) is 28.9 Å². The Morgan fingerprint density at radius 2 is 1.96 bits per heavy atom. The molecule has 27 heavy (non-hydrogen) atoms. The fourth-order valence-corrected chi connectivity index (χ4v) is 4.32. The van der Waals surface area contributed by atoms with Crippen LogP contribution in [0.5, 0.6) is 0 Å². The predicted molar refractivity (Wildman–Crippen MR) is 107 cm³/mol. The van der Waals surface area contributed by atoms with Crippen LogP contribution in [-0.4, -0.2) is 19.8 Å². The lowest BCUT2D eigenvalue weighted by Crippen LogP contribution is -2.14. The summed E-state index contributed by atoms with van der Waals surface area (Å²) >= 11 is 3.43. The molecule has 1 heterocycles. The van der Waals surface area contributed by atoms with Gasteiger partial charge in [0.15, 0.2) is 0 Å². The summed E-state index contributed by atoms with van der Waals surface area (Å²) in [6, 6.07) is 12.5. The lowest BCUT2D eigenvalue weighted by Gasteiger charge is -2.22. The average Bonchev–Trinajstić information content (AvgIpc) is 3.07. The molecule has 1 fully saturated rings. The van der Waals surface area contributed by atoms with Crippen molar-refractivity contribution >= 4 is 32.5 Å². The van der Waals surface area contributed by atoms with Crippen LogP contribution in [0, 0.1) is 10.1 Å². The molecule has 0 spiro atoms. The first-order chi connectivity index (χ1) is 13.0. The van der Waals surface area contributed by atoms with Gasteiger partial charge in [0, 0.05) is 22.0 Å². The van der Waals surface area contributed by atoms with Crippen molar-refractivity contribution in [1.82, 2.24) is 9.78 Å². The molecular weight excluding hydrogens is 410 g/mol. The largest absolute Gasteiger partial charge is 0.382 e. The fraction of sp³-hybridized carbons (Fsp3) is 0.350. The van der Waals surface area contributed by atoms with Crippen molar-refractivity contribution in [3.05, 3.63) is 68.3 Å². The van der Waals surface area contributed by atoms with E-state index >= 15 is 0 Å². The van der Waals surface area contributed by atoms with Gasteiger partial charge in [-0.05, 0) is 36.6 Å². The zero-order chi connectivity index (χ0) is 19.0. The molecule has 4 rings (SSSR count). The maximum Gasteiger partial charge on any atom is 0.271 e. The molecule has 0 radical (unpaired) electrons. The fourth-order valence-electron chi connectivity index (χ4n) is 3.90. The van der Waals surface area contributed by atoms with Gasteiger partial charge in [0.2, 0.25) is 0 Å². The Hall–Kier alpha value is -2.25. The van der Waals surface area contributed by atoms with Crippen molar-refractivity contribution < 1.29 is 10.0 Å². The smallest absolute Gasteiger partial charge is 0.271 e. The Labute approximate surface area is 165 Å². The maximum atomic E-state index is 11.3. The van der Waals surface area contributed by atoms with E-state index in [0.29, 0.717) is 5.69 Å². The standard InChI is InChI=1S/C20H20BrN3O3/c21-14-6-4-5-13(11-14)20(25)19-17-10-9-16(24(26)27)12-18(17)23(22-19)15-7-2-1-3-8-15/h4-6,9-12,15,20,25H,1-3,7-8H2. The van der Waals surface area contributed by atoms with E-state index in [0.717, 1.165) is 46.6 Å². The summed E-state index contributed by atoms with van der Waals surface area (Å²) in [5.74, 6) is 0. The molecule has 0 aliphatic heterocycles. The van der Waals surface area contributed by atoms with Crippen LogP contribution in [0.2, 0.25) is 0 Å². The van der Waals surface area contributed by atoms with Crippen LogP contribution in [0.25, 0.3) is 10.9 Å². The zero-order valence-electron chi connectivity index (χ0n) is 14.7. The summed E-state index contributed by atoms with van der Waals surface area (Å²) in [6.45, 7) is 0. The first-order valence-electron chi connectivity index (χ1n) is 9.14. The van der Waals surface area contributed by atoms with E-state index in [1.165, 1.54) is 12.5 Å². The highest BCUT2D eigenvalue weighted by molar-refractivity contribution is 9.10. The Balaban J connectivity index is 1.86. The number of nitro groups is 1. The summed E-state index contributed by atoms with van der Waals surface area (Å²) in [4.78, 5) is 10.9. The van der Waals surface area contributed by atoms with Crippen molar-refractivity contribution in [3.63, 3.8) is 0 Å². The van der Waals surface area contributed by atoms with Crippen LogP contribution in [0.3, 0.4) is 0 Å². The van der Waals surface area contributed by atoms with E-state index in [4.69, 9.17) is 5.10 Å². The van der Waals surface area contributed by atoms with Gasteiger partial charge in [-0.3, -0.25) is 14.8 Å². The van der Waals surface area contributed by atoms with Gasteiger partial charge in [0.1, 0.15) is 11.8 Å². The van der Waals surface area contributed by atoms with Crippen molar-refractivity contribution in [2.75, 3.05) is 0 Å². The summed E-state index contributed by atoms with van der Waals surface area (Å²) in [6.07, 6.45) is 4.59. The van der Waals surface area contributed by atoms with E-state index in [2.05, 4.69) is 15.9 Å². The number of non-ortho nitro benzene ring substituents is 1. The second kappa shape index (κ2) is 7.40. The average molecular weight is 430 g/mol. The minimum Gasteiger partial charge on any atom is -0.382 e. The molecule has 0 bridgehead atoms. The molecule has 1 atom stereocenters. The van der Waals surface area contributed by atoms with Gasteiger partial charge in [0.25, 0.3) is 5.69 Å². The van der Waals surface area contributed by atoms with Crippen molar-refractivity contribution in [1.29, 1.82) is 0 Å². The number of benzene rings is 2. The quantitative estimate of drug-likeness (QED) is 0.450. The molecule has 1 N–H and O–H groups in total. The van der Waals surface area contributed by atoms with Gasteiger partial charge in [-0.15, -0.1) is 0 Å².